The highest BCUT2D eigenvalue weighted by molar-refractivity contribution is 6.31. The number of alkyl halides is 3. The summed E-state index contributed by atoms with van der Waals surface area (Å²) in [4.78, 5) is 32.1. The number of carbonyl (C=O) groups is 2. The SMILES string of the molecule is COC(=O)C1(N(C(=O)C(F)(F)F)c2cccc(Cl)c2)CCC2(CC1)c1cc(CN)ccc1C[C@@H]2C[C@@H](C)COc1ccnc2c1[C@H](C)CCC2. The number of esters is 1. The van der Waals surface area contributed by atoms with Crippen LogP contribution in [0.15, 0.2) is 54.7 Å². The van der Waals surface area contributed by atoms with Crippen LogP contribution in [0.1, 0.15) is 92.7 Å². The lowest BCUT2D eigenvalue weighted by atomic mass is 9.59. The lowest BCUT2D eigenvalue weighted by molar-refractivity contribution is -0.174. The monoisotopic (exact) mass is 711 g/mol. The summed E-state index contributed by atoms with van der Waals surface area (Å²) in [6, 6.07) is 13.8. The Labute approximate surface area is 296 Å². The van der Waals surface area contributed by atoms with E-state index in [0.717, 1.165) is 61.8 Å². The number of fused-ring (bicyclic) bond motifs is 3. The van der Waals surface area contributed by atoms with Gasteiger partial charge in [-0.2, -0.15) is 13.2 Å². The highest BCUT2D eigenvalue weighted by Crippen LogP contribution is 2.57. The highest BCUT2D eigenvalue weighted by atomic mass is 35.5. The number of carbonyl (C=O) groups excluding carboxylic acids is 2. The van der Waals surface area contributed by atoms with Crippen molar-refractivity contribution in [2.24, 2.45) is 17.6 Å². The van der Waals surface area contributed by atoms with Crippen LogP contribution in [-0.2, 0) is 39.1 Å². The van der Waals surface area contributed by atoms with Gasteiger partial charge in [-0.15, -0.1) is 0 Å². The van der Waals surface area contributed by atoms with Gasteiger partial charge in [-0.1, -0.05) is 49.7 Å². The van der Waals surface area contributed by atoms with E-state index in [1.165, 1.54) is 35.4 Å². The molecule has 3 aliphatic rings. The van der Waals surface area contributed by atoms with Crippen molar-refractivity contribution in [2.45, 2.75) is 101 Å². The molecule has 7 nitrogen and oxygen atoms in total. The van der Waals surface area contributed by atoms with Crippen molar-refractivity contribution < 1.29 is 32.2 Å². The molecule has 3 atom stereocenters. The molecule has 1 heterocycles. The first-order valence-corrected chi connectivity index (χ1v) is 17.9. The average molecular weight is 712 g/mol. The second-order valence-electron chi connectivity index (χ2n) is 14.5. The van der Waals surface area contributed by atoms with E-state index in [1.807, 2.05) is 18.3 Å². The predicted molar refractivity (Wildman–Crippen MR) is 186 cm³/mol. The molecule has 1 amide bonds. The zero-order valence-electron chi connectivity index (χ0n) is 28.8. The lowest BCUT2D eigenvalue weighted by Gasteiger charge is -2.51. The number of hydrogen-bond donors (Lipinski definition) is 1. The van der Waals surface area contributed by atoms with E-state index in [1.54, 1.807) is 0 Å². The fraction of sp³-hybridized carbons (Fsp3) is 0.513. The van der Waals surface area contributed by atoms with Gasteiger partial charge < -0.3 is 15.2 Å². The largest absolute Gasteiger partial charge is 0.493 e. The van der Waals surface area contributed by atoms with Gasteiger partial charge in [0, 0.05) is 34.7 Å². The molecule has 0 unspecified atom stereocenters. The molecule has 1 spiro atoms. The summed E-state index contributed by atoms with van der Waals surface area (Å²) in [5, 5.41) is 0.145. The smallest absolute Gasteiger partial charge is 0.471 e. The molecule has 0 aliphatic heterocycles. The van der Waals surface area contributed by atoms with Crippen LogP contribution >= 0.6 is 11.6 Å². The number of amides is 1. The van der Waals surface area contributed by atoms with Crippen LogP contribution < -0.4 is 15.4 Å². The molecule has 0 bridgehead atoms. The molecule has 1 saturated carbocycles. The molecule has 0 saturated heterocycles. The quantitative estimate of drug-likeness (QED) is 0.225. The minimum atomic E-state index is -5.24. The molecule has 0 radical (unpaired) electrons. The summed E-state index contributed by atoms with van der Waals surface area (Å²) < 4.78 is 54.5. The molecule has 6 rings (SSSR count). The Morgan fingerprint density at radius 2 is 1.88 bits per heavy atom. The van der Waals surface area contributed by atoms with E-state index in [9.17, 15) is 22.8 Å². The standard InChI is InChI=1S/C39H45ClF3N3O4/c1-24(23-50-33-12-17-45-32-9-4-6-25(2)34(32)33)18-28-20-27-11-10-26(22-44)19-31(27)37(28)13-15-38(16-14-37,36(48)49-3)46(35(47)39(41,42)43)30-8-5-7-29(40)21-30/h5,7-8,10-12,17,19,21,24-25,28H,4,6,9,13-16,18,20,22-23,44H2,1-3H3/t24-,25-,28+,37?,38?/m1/s1. The van der Waals surface area contributed by atoms with Gasteiger partial charge in [-0.05, 0) is 122 Å². The Morgan fingerprint density at radius 3 is 2.56 bits per heavy atom. The van der Waals surface area contributed by atoms with Crippen LogP contribution in [0.3, 0.4) is 0 Å². The van der Waals surface area contributed by atoms with Crippen molar-refractivity contribution in [3.05, 3.63) is 87.7 Å². The van der Waals surface area contributed by atoms with Gasteiger partial charge in [0.2, 0.25) is 0 Å². The van der Waals surface area contributed by atoms with Gasteiger partial charge in [-0.3, -0.25) is 14.7 Å². The molecular weight excluding hydrogens is 667 g/mol. The molecule has 2 aromatic carbocycles. The molecule has 1 aromatic heterocycles. The van der Waals surface area contributed by atoms with Crippen LogP contribution in [0, 0.1) is 11.8 Å². The second kappa shape index (κ2) is 14.2. The topological polar surface area (TPSA) is 94.8 Å². The number of pyridine rings is 1. The normalized spacial score (nSPS) is 25.0. The zero-order chi connectivity index (χ0) is 35.8. The van der Waals surface area contributed by atoms with Crippen LogP contribution in [0.5, 0.6) is 5.75 Å². The molecule has 1 fully saturated rings. The number of methoxy groups -OCH3 is 1. The van der Waals surface area contributed by atoms with E-state index >= 15 is 0 Å². The number of aryl methyl sites for hydroxylation is 1. The first-order chi connectivity index (χ1) is 23.8. The Kier molecular flexibility index (Phi) is 10.3. The van der Waals surface area contributed by atoms with Gasteiger partial charge in [0.1, 0.15) is 11.3 Å². The molecular formula is C39H45ClF3N3O4. The Bertz CT molecular complexity index is 1740. The third-order valence-corrected chi connectivity index (χ3v) is 11.7. The van der Waals surface area contributed by atoms with E-state index in [-0.39, 0.29) is 35.4 Å². The maximum Gasteiger partial charge on any atom is 0.471 e. The summed E-state index contributed by atoms with van der Waals surface area (Å²) in [5.74, 6) is -1.45. The molecule has 11 heteroatoms. The molecule has 268 valence electrons. The number of halogens is 4. The van der Waals surface area contributed by atoms with Crippen LogP contribution in [0.2, 0.25) is 5.02 Å². The maximum atomic E-state index is 14.3. The number of anilines is 1. The minimum Gasteiger partial charge on any atom is -0.493 e. The van der Waals surface area contributed by atoms with Crippen molar-refractivity contribution in [2.75, 3.05) is 18.6 Å². The second-order valence-corrected chi connectivity index (χ2v) is 14.9. The third-order valence-electron chi connectivity index (χ3n) is 11.5. The average Bonchev–Trinajstić information content (AvgIpc) is 3.38. The maximum absolute atomic E-state index is 14.3. The van der Waals surface area contributed by atoms with Gasteiger partial charge >= 0.3 is 18.1 Å². The first-order valence-electron chi connectivity index (χ1n) is 17.5. The number of nitrogens with two attached hydrogens (primary N) is 1. The summed E-state index contributed by atoms with van der Waals surface area (Å²) in [5.41, 5.74) is 9.24. The van der Waals surface area contributed by atoms with Crippen LogP contribution in [0.4, 0.5) is 18.9 Å². The Balaban J connectivity index is 1.32. The molecule has 2 N–H and O–H groups in total. The molecule has 50 heavy (non-hydrogen) atoms. The number of nitrogens with zero attached hydrogens (tertiary/aromatic N) is 2. The van der Waals surface area contributed by atoms with Crippen molar-refractivity contribution >= 4 is 29.2 Å². The van der Waals surface area contributed by atoms with Gasteiger partial charge in [0.25, 0.3) is 0 Å². The fourth-order valence-corrected chi connectivity index (χ4v) is 9.22. The summed E-state index contributed by atoms with van der Waals surface area (Å²) in [6.07, 6.45) is 2.06. The predicted octanol–water partition coefficient (Wildman–Crippen LogP) is 8.23. The number of benzene rings is 2. The summed E-state index contributed by atoms with van der Waals surface area (Å²) in [7, 11) is 1.15. The fourth-order valence-electron chi connectivity index (χ4n) is 9.03. The minimum absolute atomic E-state index is 0.0251. The van der Waals surface area contributed by atoms with Crippen molar-refractivity contribution in [1.82, 2.24) is 4.98 Å². The van der Waals surface area contributed by atoms with Crippen molar-refractivity contribution in [1.29, 1.82) is 0 Å². The van der Waals surface area contributed by atoms with E-state index in [0.29, 0.717) is 36.8 Å². The third kappa shape index (κ3) is 6.61. The number of aromatic nitrogens is 1. The molecule has 3 aromatic rings. The zero-order valence-corrected chi connectivity index (χ0v) is 29.6. The van der Waals surface area contributed by atoms with Crippen LogP contribution in [-0.4, -0.2) is 42.3 Å². The summed E-state index contributed by atoms with van der Waals surface area (Å²) >= 11 is 6.20. The van der Waals surface area contributed by atoms with Gasteiger partial charge in [-0.25, -0.2) is 4.79 Å². The Morgan fingerprint density at radius 1 is 1.12 bits per heavy atom. The van der Waals surface area contributed by atoms with Gasteiger partial charge in [0.15, 0.2) is 0 Å². The number of ether oxygens (including phenoxy) is 2. The molecule has 3 aliphatic carbocycles. The lowest BCUT2D eigenvalue weighted by Crippen LogP contribution is -2.63. The van der Waals surface area contributed by atoms with Gasteiger partial charge in [0.05, 0.1) is 13.7 Å². The highest BCUT2D eigenvalue weighted by Gasteiger charge is 2.60. The van der Waals surface area contributed by atoms with Crippen molar-refractivity contribution in [3.63, 3.8) is 0 Å². The van der Waals surface area contributed by atoms with Crippen molar-refractivity contribution in [3.8, 4) is 5.75 Å². The van der Waals surface area contributed by atoms with Crippen LogP contribution in [0.25, 0.3) is 0 Å². The number of rotatable bonds is 9. The first kappa shape index (κ1) is 36.2. The van der Waals surface area contributed by atoms with E-state index in [2.05, 4.69) is 31.0 Å². The number of hydrogen-bond acceptors (Lipinski definition) is 6. The van der Waals surface area contributed by atoms with E-state index < -0.39 is 29.0 Å². The van der Waals surface area contributed by atoms with E-state index in [4.69, 9.17) is 26.8 Å². The summed E-state index contributed by atoms with van der Waals surface area (Å²) in [6.45, 7) is 5.25. The Hall–Kier alpha value is -3.63.